The minimum atomic E-state index is -5.00. The monoisotopic (exact) mass is 296 g/mol. The van der Waals surface area contributed by atoms with E-state index < -0.39 is 22.7 Å². The molecule has 1 aliphatic carbocycles. The van der Waals surface area contributed by atoms with Crippen LogP contribution < -0.4 is 4.74 Å². The van der Waals surface area contributed by atoms with E-state index in [1.807, 2.05) is 6.08 Å². The number of nitro groups is 1. The van der Waals surface area contributed by atoms with Crippen molar-refractivity contribution in [3.63, 3.8) is 0 Å². The molecular formula is C13H7F3N2O3. The highest BCUT2D eigenvalue weighted by Gasteiger charge is 2.38. The van der Waals surface area contributed by atoms with Crippen LogP contribution in [0.2, 0.25) is 0 Å². The molecule has 5 nitrogen and oxygen atoms in total. The Kier molecular flexibility index (Phi) is 2.82. The smallest absolute Gasteiger partial charge is 0.398 e. The van der Waals surface area contributed by atoms with E-state index in [0.29, 0.717) is 17.7 Å². The Bertz CT molecular complexity index is 733. The maximum atomic E-state index is 12.4. The molecule has 2 aliphatic rings. The van der Waals surface area contributed by atoms with E-state index in [1.165, 1.54) is 6.07 Å². The summed E-state index contributed by atoms with van der Waals surface area (Å²) >= 11 is 0. The van der Waals surface area contributed by atoms with Crippen molar-refractivity contribution in [1.29, 1.82) is 0 Å². The zero-order chi connectivity index (χ0) is 15.2. The molecule has 0 atom stereocenters. The maximum Gasteiger partial charge on any atom is 0.573 e. The Morgan fingerprint density at radius 3 is 2.76 bits per heavy atom. The topological polar surface area (TPSA) is 64.7 Å². The van der Waals surface area contributed by atoms with Crippen LogP contribution in [0.25, 0.3) is 5.57 Å². The summed E-state index contributed by atoms with van der Waals surface area (Å²) in [6.45, 7) is 0. The highest BCUT2D eigenvalue weighted by molar-refractivity contribution is 6.31. The Morgan fingerprint density at radius 1 is 1.33 bits per heavy atom. The maximum absolute atomic E-state index is 12.4. The van der Waals surface area contributed by atoms with Crippen molar-refractivity contribution >= 4 is 22.7 Å². The summed E-state index contributed by atoms with van der Waals surface area (Å²) in [6.07, 6.45) is 0.575. The molecule has 0 radical (unpaired) electrons. The number of hydrogen-bond acceptors (Lipinski definition) is 4. The predicted octanol–water partition coefficient (Wildman–Crippen LogP) is 3.92. The molecule has 21 heavy (non-hydrogen) atoms. The second kappa shape index (κ2) is 4.44. The number of alkyl halides is 3. The first-order valence-electron chi connectivity index (χ1n) is 5.89. The van der Waals surface area contributed by atoms with Gasteiger partial charge in [0.1, 0.15) is 0 Å². The number of nitro benzene ring substituents is 1. The van der Waals surface area contributed by atoms with E-state index >= 15 is 0 Å². The third-order valence-corrected chi connectivity index (χ3v) is 3.07. The van der Waals surface area contributed by atoms with Gasteiger partial charge >= 0.3 is 12.0 Å². The fraction of sp³-hybridized carbons (Fsp3) is 0.154. The van der Waals surface area contributed by atoms with Gasteiger partial charge < -0.3 is 4.74 Å². The van der Waals surface area contributed by atoms with Crippen molar-refractivity contribution in [2.24, 2.45) is 4.99 Å². The summed E-state index contributed by atoms with van der Waals surface area (Å²) in [7, 11) is 0. The van der Waals surface area contributed by atoms with E-state index in [2.05, 4.69) is 9.73 Å². The minimum absolute atomic E-state index is 0.0705. The Labute approximate surface area is 116 Å². The molecule has 0 aromatic heterocycles. The quantitative estimate of drug-likeness (QED) is 0.613. The van der Waals surface area contributed by atoms with E-state index in [4.69, 9.17) is 0 Å². The van der Waals surface area contributed by atoms with Gasteiger partial charge in [0.25, 0.3) is 0 Å². The van der Waals surface area contributed by atoms with Crippen molar-refractivity contribution in [1.82, 2.24) is 0 Å². The van der Waals surface area contributed by atoms with Crippen LogP contribution in [0.3, 0.4) is 0 Å². The molecule has 0 unspecified atom stereocenters. The molecule has 0 bridgehead atoms. The van der Waals surface area contributed by atoms with Crippen LogP contribution in [0.4, 0.5) is 24.5 Å². The number of allylic oxidation sites excluding steroid dienone is 4. The van der Waals surface area contributed by atoms with Gasteiger partial charge in [-0.1, -0.05) is 18.2 Å². The molecule has 1 aliphatic heterocycles. The number of halogens is 3. The summed E-state index contributed by atoms with van der Waals surface area (Å²) in [5.74, 6) is -0.835. The zero-order valence-corrected chi connectivity index (χ0v) is 10.3. The lowest BCUT2D eigenvalue weighted by molar-refractivity contribution is -0.388. The number of ether oxygens (including phenoxy) is 1. The van der Waals surface area contributed by atoms with Gasteiger partial charge in [-0.15, -0.1) is 13.2 Å². The van der Waals surface area contributed by atoms with E-state index in [1.54, 1.807) is 12.2 Å². The van der Waals surface area contributed by atoms with Crippen molar-refractivity contribution < 1.29 is 22.8 Å². The largest absolute Gasteiger partial charge is 0.573 e. The molecule has 1 aromatic rings. The highest BCUT2D eigenvalue weighted by Crippen LogP contribution is 2.47. The molecule has 1 aromatic carbocycles. The van der Waals surface area contributed by atoms with Crippen LogP contribution in [0.15, 0.2) is 35.4 Å². The van der Waals surface area contributed by atoms with Gasteiger partial charge in [-0.3, -0.25) is 15.1 Å². The van der Waals surface area contributed by atoms with Crippen LogP contribution >= 0.6 is 0 Å². The Morgan fingerprint density at radius 2 is 2.10 bits per heavy atom. The highest BCUT2D eigenvalue weighted by atomic mass is 19.4. The van der Waals surface area contributed by atoms with E-state index in [0.717, 1.165) is 6.07 Å². The van der Waals surface area contributed by atoms with Gasteiger partial charge in [-0.05, 0) is 12.1 Å². The summed E-state index contributed by atoms with van der Waals surface area (Å²) < 4.78 is 40.9. The second-order valence-electron chi connectivity index (χ2n) is 4.38. The first-order valence-corrected chi connectivity index (χ1v) is 5.89. The molecule has 0 fully saturated rings. The third-order valence-electron chi connectivity index (χ3n) is 3.07. The fourth-order valence-electron chi connectivity index (χ4n) is 2.34. The molecule has 0 N–H and O–H groups in total. The second-order valence-corrected chi connectivity index (χ2v) is 4.38. The molecule has 3 rings (SSSR count). The fourth-order valence-corrected chi connectivity index (χ4v) is 2.34. The number of fused-ring (bicyclic) bond motifs is 3. The number of rotatable bonds is 2. The molecule has 0 spiro atoms. The third kappa shape index (κ3) is 2.28. The first kappa shape index (κ1) is 13.3. The molecule has 1 heterocycles. The average molecular weight is 296 g/mol. The normalized spacial score (nSPS) is 16.0. The Hall–Kier alpha value is -2.64. The number of hydrogen-bond donors (Lipinski definition) is 0. The van der Waals surface area contributed by atoms with Crippen LogP contribution in [0.5, 0.6) is 5.75 Å². The molecular weight excluding hydrogens is 289 g/mol. The summed E-state index contributed by atoms with van der Waals surface area (Å²) in [6, 6.07) is 2.20. The van der Waals surface area contributed by atoms with E-state index in [9.17, 15) is 23.3 Å². The lowest BCUT2D eigenvalue weighted by atomic mass is 9.96. The lowest BCUT2D eigenvalue weighted by Crippen LogP contribution is -2.18. The number of benzene rings is 1. The number of aliphatic imine (C=N–C) groups is 1. The zero-order valence-electron chi connectivity index (χ0n) is 10.3. The minimum Gasteiger partial charge on any atom is -0.398 e. The number of nitrogens with zero attached hydrogens (tertiary/aromatic N) is 2. The molecule has 0 saturated heterocycles. The average Bonchev–Trinajstić information content (AvgIpc) is 2.75. The summed E-state index contributed by atoms with van der Waals surface area (Å²) in [4.78, 5) is 14.5. The molecule has 0 saturated carbocycles. The Balaban J connectivity index is 2.20. The molecule has 108 valence electrons. The standard InChI is InChI=1S/C13H7F3N2O3/c14-13(15,16)21-10-6-5-9-11(12(10)18(19)20)7-3-1-2-4-8(7)17-9/h1-3,5-6H,4H2. The van der Waals surface area contributed by atoms with Crippen molar-refractivity contribution in [2.45, 2.75) is 12.8 Å². The van der Waals surface area contributed by atoms with Crippen LogP contribution in [-0.4, -0.2) is 17.0 Å². The van der Waals surface area contributed by atoms with Gasteiger partial charge in [0.05, 0.1) is 21.9 Å². The van der Waals surface area contributed by atoms with Gasteiger partial charge in [-0.25, -0.2) is 0 Å². The van der Waals surface area contributed by atoms with Gasteiger partial charge in [-0.2, -0.15) is 0 Å². The SMILES string of the molecule is O=[N+]([O-])c1c(OC(F)(F)F)ccc2c1C1=CC=CCC1=N2. The van der Waals surface area contributed by atoms with Gasteiger partial charge in [0.2, 0.25) is 5.75 Å². The van der Waals surface area contributed by atoms with Gasteiger partial charge in [0, 0.05) is 12.0 Å². The predicted molar refractivity (Wildman–Crippen MR) is 68.6 cm³/mol. The molecule has 0 amide bonds. The van der Waals surface area contributed by atoms with Gasteiger partial charge in [0.15, 0.2) is 0 Å². The first-order chi connectivity index (χ1) is 9.87. The van der Waals surface area contributed by atoms with Crippen LogP contribution in [0.1, 0.15) is 12.0 Å². The van der Waals surface area contributed by atoms with Crippen molar-refractivity contribution in [3.8, 4) is 5.75 Å². The lowest BCUT2D eigenvalue weighted by Gasteiger charge is -2.12. The van der Waals surface area contributed by atoms with Crippen LogP contribution in [-0.2, 0) is 0 Å². The van der Waals surface area contributed by atoms with Crippen LogP contribution in [0, 0.1) is 10.1 Å². The van der Waals surface area contributed by atoms with E-state index in [-0.39, 0.29) is 11.3 Å². The molecule has 8 heteroatoms. The van der Waals surface area contributed by atoms with Crippen molar-refractivity contribution in [3.05, 3.63) is 46.0 Å². The summed E-state index contributed by atoms with van der Waals surface area (Å²) in [5, 5.41) is 11.2. The summed E-state index contributed by atoms with van der Waals surface area (Å²) in [5.41, 5.74) is 0.694. The van der Waals surface area contributed by atoms with Crippen molar-refractivity contribution in [2.75, 3.05) is 0 Å².